The summed E-state index contributed by atoms with van der Waals surface area (Å²) in [7, 11) is 0. The molecule has 1 rings (SSSR count). The monoisotopic (exact) mass is 250 g/mol. The number of ether oxygens (including phenoxy) is 1. The lowest BCUT2D eigenvalue weighted by Crippen LogP contribution is -2.12. The zero-order chi connectivity index (χ0) is 12.2. The highest BCUT2D eigenvalue weighted by Crippen LogP contribution is 2.35. The number of thiophene rings is 1. The second kappa shape index (κ2) is 5.16. The third-order valence-electron chi connectivity index (χ3n) is 1.64. The molecule has 0 spiro atoms. The van der Waals surface area contributed by atoms with Gasteiger partial charge in [0, 0.05) is 11.0 Å². The summed E-state index contributed by atoms with van der Waals surface area (Å²) in [5.41, 5.74) is -0.971. The molecule has 0 bridgehead atoms. The maximum atomic E-state index is 12.6. The van der Waals surface area contributed by atoms with Gasteiger partial charge in [-0.15, -0.1) is 11.3 Å². The van der Waals surface area contributed by atoms with E-state index in [1.54, 1.807) is 0 Å². The summed E-state index contributed by atoms with van der Waals surface area (Å²) in [5, 5.41) is 1.51. The van der Waals surface area contributed by atoms with Crippen molar-refractivity contribution >= 4 is 22.9 Å². The van der Waals surface area contributed by atoms with Gasteiger partial charge in [-0.3, -0.25) is 0 Å². The lowest BCUT2D eigenvalue weighted by atomic mass is 10.2. The van der Waals surface area contributed by atoms with E-state index in [4.69, 9.17) is 0 Å². The Morgan fingerprint density at radius 2 is 2.25 bits per heavy atom. The third-order valence-corrected chi connectivity index (χ3v) is 2.54. The van der Waals surface area contributed by atoms with Gasteiger partial charge in [-0.25, -0.2) is 4.79 Å². The van der Waals surface area contributed by atoms with Gasteiger partial charge in [0.05, 0.1) is 12.2 Å². The van der Waals surface area contributed by atoms with E-state index in [1.807, 2.05) is 0 Å². The second-order valence-corrected chi connectivity index (χ2v) is 3.73. The largest absolute Gasteiger partial charge is 0.463 e. The first-order valence-corrected chi connectivity index (χ1v) is 5.32. The molecule has 0 aliphatic heterocycles. The summed E-state index contributed by atoms with van der Waals surface area (Å²) in [6.45, 7) is 1.58. The fourth-order valence-corrected chi connectivity index (χ4v) is 1.79. The quantitative estimate of drug-likeness (QED) is 0.608. The number of allylic oxidation sites excluding steroid dienone is 1. The second-order valence-electron chi connectivity index (χ2n) is 2.79. The number of carbonyl (C=O) groups excluding carboxylic acids is 1. The van der Waals surface area contributed by atoms with Crippen LogP contribution in [0.2, 0.25) is 0 Å². The van der Waals surface area contributed by atoms with Gasteiger partial charge < -0.3 is 4.74 Å². The standard InChI is InChI=1S/C10H9F3O2S/c1-2-15-9(14)6-7(10(11,12)13)8-4-3-5-16-8/h3-6H,2H2,1H3/b7-6+. The first-order chi connectivity index (χ1) is 7.45. The number of alkyl halides is 3. The maximum absolute atomic E-state index is 12.6. The summed E-state index contributed by atoms with van der Waals surface area (Å²) in [4.78, 5) is 11.0. The minimum Gasteiger partial charge on any atom is -0.463 e. The minimum atomic E-state index is -4.56. The Balaban J connectivity index is 3.02. The van der Waals surface area contributed by atoms with Crippen molar-refractivity contribution in [3.05, 3.63) is 28.5 Å². The van der Waals surface area contributed by atoms with E-state index < -0.39 is 17.7 Å². The summed E-state index contributed by atoms with van der Waals surface area (Å²) in [5.74, 6) is -0.983. The number of halogens is 3. The molecule has 16 heavy (non-hydrogen) atoms. The zero-order valence-electron chi connectivity index (χ0n) is 8.38. The number of hydrogen-bond acceptors (Lipinski definition) is 3. The first-order valence-electron chi connectivity index (χ1n) is 4.44. The average Bonchev–Trinajstić information content (AvgIpc) is 2.65. The highest BCUT2D eigenvalue weighted by atomic mass is 32.1. The maximum Gasteiger partial charge on any atom is 0.418 e. The molecule has 0 aliphatic rings. The molecule has 0 radical (unpaired) electrons. The first kappa shape index (κ1) is 12.8. The van der Waals surface area contributed by atoms with Crippen LogP contribution < -0.4 is 0 Å². The van der Waals surface area contributed by atoms with Crippen LogP contribution in [0.15, 0.2) is 23.6 Å². The predicted molar refractivity (Wildman–Crippen MR) is 55.0 cm³/mol. The molecule has 2 nitrogen and oxygen atoms in total. The molecule has 0 saturated carbocycles. The van der Waals surface area contributed by atoms with E-state index in [0.29, 0.717) is 6.08 Å². The smallest absolute Gasteiger partial charge is 0.418 e. The molecule has 0 N–H and O–H groups in total. The van der Waals surface area contributed by atoms with Crippen LogP contribution in [0.25, 0.3) is 5.57 Å². The Morgan fingerprint density at radius 1 is 1.56 bits per heavy atom. The molecular formula is C10H9F3O2S. The zero-order valence-corrected chi connectivity index (χ0v) is 9.19. The molecule has 0 fully saturated rings. The molecule has 0 saturated heterocycles. The van der Waals surface area contributed by atoms with Gasteiger partial charge in [0.15, 0.2) is 0 Å². The van der Waals surface area contributed by atoms with E-state index in [1.165, 1.54) is 24.4 Å². The Labute approximate surface area is 94.3 Å². The van der Waals surface area contributed by atoms with Gasteiger partial charge in [-0.05, 0) is 18.4 Å². The normalized spacial score (nSPS) is 12.6. The molecule has 1 heterocycles. The lowest BCUT2D eigenvalue weighted by Gasteiger charge is -2.09. The van der Waals surface area contributed by atoms with Crippen molar-refractivity contribution in [1.29, 1.82) is 0 Å². The molecular weight excluding hydrogens is 241 g/mol. The van der Waals surface area contributed by atoms with E-state index in [9.17, 15) is 18.0 Å². The van der Waals surface area contributed by atoms with Crippen LogP contribution in [-0.2, 0) is 9.53 Å². The lowest BCUT2D eigenvalue weighted by molar-refractivity contribution is -0.137. The van der Waals surface area contributed by atoms with Crippen LogP contribution in [0, 0.1) is 0 Å². The Morgan fingerprint density at radius 3 is 2.69 bits per heavy atom. The Kier molecular flexibility index (Phi) is 4.12. The summed E-state index contributed by atoms with van der Waals surface area (Å²) < 4.78 is 42.3. The summed E-state index contributed by atoms with van der Waals surface area (Å²) >= 11 is 0.922. The third kappa shape index (κ3) is 3.37. The Bertz CT molecular complexity index is 379. The van der Waals surface area contributed by atoms with Crippen molar-refractivity contribution in [2.75, 3.05) is 6.61 Å². The summed E-state index contributed by atoms with van der Waals surface area (Å²) in [6, 6.07) is 2.80. The molecule has 0 aromatic carbocycles. The van der Waals surface area contributed by atoms with Crippen molar-refractivity contribution in [2.24, 2.45) is 0 Å². The fraction of sp³-hybridized carbons (Fsp3) is 0.300. The molecule has 1 aromatic rings. The molecule has 0 atom stereocenters. The highest BCUT2D eigenvalue weighted by molar-refractivity contribution is 7.11. The Hall–Kier alpha value is -1.30. The predicted octanol–water partition coefficient (Wildman–Crippen LogP) is 3.26. The van der Waals surface area contributed by atoms with Crippen molar-refractivity contribution in [1.82, 2.24) is 0 Å². The highest BCUT2D eigenvalue weighted by Gasteiger charge is 2.36. The van der Waals surface area contributed by atoms with E-state index in [-0.39, 0.29) is 11.5 Å². The van der Waals surface area contributed by atoms with Crippen molar-refractivity contribution in [3.8, 4) is 0 Å². The topological polar surface area (TPSA) is 26.3 Å². The molecule has 1 aromatic heterocycles. The number of esters is 1. The van der Waals surface area contributed by atoms with Crippen LogP contribution >= 0.6 is 11.3 Å². The van der Waals surface area contributed by atoms with Gasteiger partial charge in [0.1, 0.15) is 0 Å². The fourth-order valence-electron chi connectivity index (χ4n) is 1.03. The van der Waals surface area contributed by atoms with Gasteiger partial charge in [0.2, 0.25) is 0 Å². The van der Waals surface area contributed by atoms with Crippen molar-refractivity contribution in [3.63, 3.8) is 0 Å². The number of carbonyl (C=O) groups is 1. The van der Waals surface area contributed by atoms with Crippen LogP contribution in [0.1, 0.15) is 11.8 Å². The van der Waals surface area contributed by atoms with E-state index in [2.05, 4.69) is 4.74 Å². The number of hydrogen-bond donors (Lipinski definition) is 0. The van der Waals surface area contributed by atoms with E-state index >= 15 is 0 Å². The van der Waals surface area contributed by atoms with Crippen LogP contribution in [0.4, 0.5) is 13.2 Å². The van der Waals surface area contributed by atoms with Crippen molar-refractivity contribution in [2.45, 2.75) is 13.1 Å². The van der Waals surface area contributed by atoms with E-state index in [0.717, 1.165) is 11.3 Å². The molecule has 0 unspecified atom stereocenters. The van der Waals surface area contributed by atoms with Gasteiger partial charge >= 0.3 is 12.1 Å². The van der Waals surface area contributed by atoms with Crippen LogP contribution in [0.5, 0.6) is 0 Å². The van der Waals surface area contributed by atoms with Gasteiger partial charge in [-0.2, -0.15) is 13.2 Å². The van der Waals surface area contributed by atoms with Crippen LogP contribution in [-0.4, -0.2) is 18.8 Å². The minimum absolute atomic E-state index is 0.000512. The van der Waals surface area contributed by atoms with Crippen LogP contribution in [0.3, 0.4) is 0 Å². The molecule has 0 amide bonds. The molecule has 6 heteroatoms. The molecule has 0 aliphatic carbocycles. The van der Waals surface area contributed by atoms with Gasteiger partial charge in [0.25, 0.3) is 0 Å². The summed E-state index contributed by atoms with van der Waals surface area (Å²) in [6.07, 6.45) is -4.08. The average molecular weight is 250 g/mol. The number of rotatable bonds is 3. The van der Waals surface area contributed by atoms with Gasteiger partial charge in [-0.1, -0.05) is 6.07 Å². The molecule has 88 valence electrons. The SMILES string of the molecule is CCOC(=O)/C=C(\c1cccs1)C(F)(F)F. The van der Waals surface area contributed by atoms with Crippen molar-refractivity contribution < 1.29 is 22.7 Å².